The molecule has 0 saturated carbocycles. The maximum Gasteiger partial charge on any atom is 0.174 e. The fraction of sp³-hybridized carbons (Fsp3) is 0.190. The first-order valence-corrected chi connectivity index (χ1v) is 8.97. The van der Waals surface area contributed by atoms with Gasteiger partial charge >= 0.3 is 0 Å². The second kappa shape index (κ2) is 6.73. The van der Waals surface area contributed by atoms with Crippen molar-refractivity contribution in [3.05, 3.63) is 89.7 Å². The number of benzene rings is 2. The normalized spacial score (nSPS) is 16.4. The molecule has 1 aliphatic heterocycles. The van der Waals surface area contributed by atoms with Gasteiger partial charge in [0.25, 0.3) is 0 Å². The lowest BCUT2D eigenvalue weighted by atomic mass is 10.0. The first-order chi connectivity index (χ1) is 12.2. The van der Waals surface area contributed by atoms with Crippen LogP contribution >= 0.6 is 12.2 Å². The van der Waals surface area contributed by atoms with E-state index in [-0.39, 0.29) is 6.04 Å². The fourth-order valence-electron chi connectivity index (χ4n) is 3.42. The van der Waals surface area contributed by atoms with Gasteiger partial charge in [-0.25, -0.2) is 0 Å². The van der Waals surface area contributed by atoms with Crippen LogP contribution in [0.3, 0.4) is 0 Å². The van der Waals surface area contributed by atoms with Gasteiger partial charge in [-0.3, -0.25) is 0 Å². The quantitative estimate of drug-likeness (QED) is 0.684. The minimum Gasteiger partial charge on any atom is -0.348 e. The summed E-state index contributed by atoms with van der Waals surface area (Å²) in [6.45, 7) is 3.92. The maximum atomic E-state index is 5.77. The number of hydrogen-bond donors (Lipinski definition) is 1. The van der Waals surface area contributed by atoms with E-state index >= 15 is 0 Å². The van der Waals surface area contributed by atoms with E-state index < -0.39 is 0 Å². The van der Waals surface area contributed by atoms with E-state index in [0.717, 1.165) is 23.9 Å². The van der Waals surface area contributed by atoms with E-state index in [1.165, 1.54) is 16.8 Å². The molecule has 1 aliphatic rings. The van der Waals surface area contributed by atoms with E-state index in [9.17, 15) is 0 Å². The number of anilines is 1. The number of fused-ring (bicyclic) bond motifs is 1. The molecule has 1 N–H and O–H groups in total. The number of aryl methyl sites for hydroxylation is 1. The van der Waals surface area contributed by atoms with Crippen molar-refractivity contribution in [3.63, 3.8) is 0 Å². The van der Waals surface area contributed by atoms with Crippen molar-refractivity contribution in [3.8, 4) is 0 Å². The second-order valence-electron chi connectivity index (χ2n) is 6.43. The highest BCUT2D eigenvalue weighted by atomic mass is 32.1. The van der Waals surface area contributed by atoms with Gasteiger partial charge in [-0.2, -0.15) is 0 Å². The van der Waals surface area contributed by atoms with Gasteiger partial charge in [-0.15, -0.1) is 0 Å². The van der Waals surface area contributed by atoms with Gasteiger partial charge in [-0.05, 0) is 49.0 Å². The molecule has 0 spiro atoms. The Hall–Kier alpha value is -2.59. The third-order valence-corrected chi connectivity index (χ3v) is 5.05. The van der Waals surface area contributed by atoms with Crippen LogP contribution in [0.2, 0.25) is 0 Å². The molecule has 3 aromatic rings. The summed E-state index contributed by atoms with van der Waals surface area (Å²) in [6, 6.07) is 23.4. The molecule has 1 unspecified atom stereocenters. The van der Waals surface area contributed by atoms with Crippen molar-refractivity contribution in [2.24, 2.45) is 0 Å². The molecule has 0 amide bonds. The fourth-order valence-corrected chi connectivity index (χ4v) is 3.73. The molecule has 0 bridgehead atoms. The number of aromatic nitrogens is 1. The van der Waals surface area contributed by atoms with Crippen molar-refractivity contribution >= 4 is 23.0 Å². The van der Waals surface area contributed by atoms with Gasteiger partial charge in [-0.1, -0.05) is 48.0 Å². The zero-order chi connectivity index (χ0) is 17.2. The molecule has 0 aliphatic carbocycles. The van der Waals surface area contributed by atoms with Crippen LogP contribution in [-0.2, 0) is 6.54 Å². The summed E-state index contributed by atoms with van der Waals surface area (Å²) < 4.78 is 2.32. The van der Waals surface area contributed by atoms with E-state index in [1.807, 2.05) is 0 Å². The van der Waals surface area contributed by atoms with Gasteiger partial charge in [0.1, 0.15) is 0 Å². The summed E-state index contributed by atoms with van der Waals surface area (Å²) in [5.74, 6) is 0. The van der Waals surface area contributed by atoms with Crippen molar-refractivity contribution in [1.82, 2.24) is 9.47 Å². The first kappa shape index (κ1) is 15.9. The standard InChI is InChI=1S/C21H21N3S/c1-16-9-11-18(12-10-16)22-21(25)24-15-14-23-13-5-8-19(23)20(24)17-6-3-2-4-7-17/h2-13,20H,14-15H2,1H3,(H,22,25). The number of thiocarbonyl (C=S) groups is 1. The summed E-state index contributed by atoms with van der Waals surface area (Å²) in [6.07, 6.45) is 2.15. The summed E-state index contributed by atoms with van der Waals surface area (Å²) in [5, 5.41) is 4.18. The van der Waals surface area contributed by atoms with E-state index in [0.29, 0.717) is 0 Å². The number of nitrogens with one attached hydrogen (secondary N) is 1. The van der Waals surface area contributed by atoms with Gasteiger partial charge in [0.05, 0.1) is 6.04 Å². The highest BCUT2D eigenvalue weighted by Crippen LogP contribution is 2.32. The molecule has 1 atom stereocenters. The lowest BCUT2D eigenvalue weighted by Crippen LogP contribution is -2.44. The van der Waals surface area contributed by atoms with Crippen LogP contribution in [0, 0.1) is 6.92 Å². The largest absolute Gasteiger partial charge is 0.348 e. The summed E-state index contributed by atoms with van der Waals surface area (Å²) in [7, 11) is 0. The highest BCUT2D eigenvalue weighted by molar-refractivity contribution is 7.80. The molecule has 2 aromatic carbocycles. The molecule has 1 aromatic heterocycles. The molecule has 0 radical (unpaired) electrons. The number of rotatable bonds is 2. The lowest BCUT2D eigenvalue weighted by Gasteiger charge is -2.39. The predicted molar refractivity (Wildman–Crippen MR) is 107 cm³/mol. The molecule has 3 nitrogen and oxygen atoms in total. The minimum atomic E-state index is 0.135. The van der Waals surface area contributed by atoms with Crippen molar-refractivity contribution < 1.29 is 0 Å². The summed E-state index contributed by atoms with van der Waals surface area (Å²) in [4.78, 5) is 2.29. The Morgan fingerprint density at radius 3 is 2.48 bits per heavy atom. The molecular formula is C21H21N3S. The average molecular weight is 347 g/mol. The molecule has 4 rings (SSSR count). The van der Waals surface area contributed by atoms with E-state index in [1.54, 1.807) is 0 Å². The second-order valence-corrected chi connectivity index (χ2v) is 6.82. The van der Waals surface area contributed by atoms with E-state index in [4.69, 9.17) is 12.2 Å². The van der Waals surface area contributed by atoms with Crippen LogP contribution in [-0.4, -0.2) is 21.1 Å². The summed E-state index contributed by atoms with van der Waals surface area (Å²) in [5.41, 5.74) is 4.82. The average Bonchev–Trinajstić information content (AvgIpc) is 3.12. The SMILES string of the molecule is Cc1ccc(NC(=S)N2CCn3cccc3C2c2ccccc2)cc1. The predicted octanol–water partition coefficient (Wildman–Crippen LogP) is 4.60. The number of hydrogen-bond acceptors (Lipinski definition) is 1. The first-order valence-electron chi connectivity index (χ1n) is 8.56. The Balaban J connectivity index is 1.65. The van der Waals surface area contributed by atoms with E-state index in [2.05, 4.69) is 94.6 Å². The van der Waals surface area contributed by atoms with Crippen molar-refractivity contribution in [1.29, 1.82) is 0 Å². The van der Waals surface area contributed by atoms with Crippen LogP contribution in [0.1, 0.15) is 22.9 Å². The molecule has 126 valence electrons. The minimum absolute atomic E-state index is 0.135. The van der Waals surface area contributed by atoms with Gasteiger partial charge in [0, 0.05) is 30.7 Å². The van der Waals surface area contributed by atoms with Crippen LogP contribution in [0.25, 0.3) is 0 Å². The Labute approximate surface area is 153 Å². The third-order valence-electron chi connectivity index (χ3n) is 4.72. The van der Waals surface area contributed by atoms with Crippen LogP contribution in [0.4, 0.5) is 5.69 Å². The zero-order valence-electron chi connectivity index (χ0n) is 14.2. The molecule has 0 fully saturated rings. The third kappa shape index (κ3) is 3.17. The van der Waals surface area contributed by atoms with Crippen molar-refractivity contribution in [2.45, 2.75) is 19.5 Å². The monoisotopic (exact) mass is 347 g/mol. The lowest BCUT2D eigenvalue weighted by molar-refractivity contribution is 0.293. The Morgan fingerprint density at radius 2 is 1.72 bits per heavy atom. The topological polar surface area (TPSA) is 20.2 Å². The van der Waals surface area contributed by atoms with Crippen LogP contribution in [0.5, 0.6) is 0 Å². The van der Waals surface area contributed by atoms with Gasteiger partial charge in [0.15, 0.2) is 5.11 Å². The van der Waals surface area contributed by atoms with Crippen LogP contribution < -0.4 is 5.32 Å². The summed E-state index contributed by atoms with van der Waals surface area (Å²) >= 11 is 5.77. The molecule has 4 heteroatoms. The molecule has 0 saturated heterocycles. The maximum absolute atomic E-state index is 5.77. The van der Waals surface area contributed by atoms with Gasteiger partial charge < -0.3 is 14.8 Å². The smallest absolute Gasteiger partial charge is 0.174 e. The van der Waals surface area contributed by atoms with Gasteiger partial charge in [0.2, 0.25) is 0 Å². The Kier molecular flexibility index (Phi) is 4.28. The molecular weight excluding hydrogens is 326 g/mol. The zero-order valence-corrected chi connectivity index (χ0v) is 15.0. The molecule has 2 heterocycles. The Morgan fingerprint density at radius 1 is 0.960 bits per heavy atom. The molecule has 25 heavy (non-hydrogen) atoms. The Bertz CT molecular complexity index is 868. The van der Waals surface area contributed by atoms with Crippen LogP contribution in [0.15, 0.2) is 72.9 Å². The number of nitrogens with zero attached hydrogens (tertiary/aromatic N) is 2. The highest BCUT2D eigenvalue weighted by Gasteiger charge is 2.30. The van der Waals surface area contributed by atoms with Crippen molar-refractivity contribution in [2.75, 3.05) is 11.9 Å².